The highest BCUT2D eigenvalue weighted by Gasteiger charge is 2.03. The molecule has 1 amide bonds. The molecule has 0 saturated carbocycles. The van der Waals surface area contributed by atoms with Crippen LogP contribution in [-0.4, -0.2) is 26.6 Å². The van der Waals surface area contributed by atoms with Gasteiger partial charge in [-0.3, -0.25) is 5.32 Å². The molecule has 6 nitrogen and oxygen atoms in total. The van der Waals surface area contributed by atoms with Gasteiger partial charge in [0, 0.05) is 11.3 Å². The molecule has 0 saturated heterocycles. The van der Waals surface area contributed by atoms with Crippen molar-refractivity contribution in [3.05, 3.63) is 30.5 Å². The number of nitrogens with zero attached hydrogens (tertiary/aromatic N) is 2. The summed E-state index contributed by atoms with van der Waals surface area (Å²) in [6.45, 7) is 0. The maximum Gasteiger partial charge on any atom is 0.409 e. The van der Waals surface area contributed by atoms with Crippen molar-refractivity contribution in [1.82, 2.24) is 15.4 Å². The first-order valence-electron chi connectivity index (χ1n) is 4.22. The highest BCUT2D eigenvalue weighted by molar-refractivity contribution is 5.84. The summed E-state index contributed by atoms with van der Waals surface area (Å²) >= 11 is 0. The minimum absolute atomic E-state index is 0.503. The number of anilines is 1. The molecule has 0 spiro atoms. The lowest BCUT2D eigenvalue weighted by Gasteiger charge is -2.01. The van der Waals surface area contributed by atoms with Gasteiger partial charge in [-0.15, -0.1) is 0 Å². The van der Waals surface area contributed by atoms with E-state index in [4.69, 9.17) is 5.11 Å². The Balaban J connectivity index is 2.31. The molecule has 1 heterocycles. The van der Waals surface area contributed by atoms with Crippen LogP contribution >= 0.6 is 0 Å². The largest absolute Gasteiger partial charge is 0.465 e. The predicted molar refractivity (Wildman–Crippen MR) is 53.5 cm³/mol. The summed E-state index contributed by atoms with van der Waals surface area (Å²) < 4.78 is 0. The summed E-state index contributed by atoms with van der Waals surface area (Å²) in [5.74, 6) is 0. The smallest absolute Gasteiger partial charge is 0.409 e. The maximum atomic E-state index is 10.4. The monoisotopic (exact) mass is 204 g/mol. The van der Waals surface area contributed by atoms with Crippen molar-refractivity contribution in [1.29, 1.82) is 0 Å². The molecular weight excluding hydrogens is 196 g/mol. The molecule has 76 valence electrons. The highest BCUT2D eigenvalue weighted by atomic mass is 16.4. The van der Waals surface area contributed by atoms with Crippen molar-refractivity contribution in [2.45, 2.75) is 0 Å². The number of H-pyrrole nitrogens is 1. The van der Waals surface area contributed by atoms with E-state index in [1.165, 1.54) is 0 Å². The number of amides is 1. The summed E-state index contributed by atoms with van der Waals surface area (Å²) in [6.07, 6.45) is 0.479. The fourth-order valence-electron chi connectivity index (χ4n) is 1.22. The fraction of sp³-hybridized carbons (Fsp3) is 0. The first-order chi connectivity index (χ1) is 7.25. The first-order valence-corrected chi connectivity index (χ1v) is 4.22. The predicted octanol–water partition coefficient (Wildman–Crippen LogP) is 1.56. The molecule has 2 aromatic rings. The van der Waals surface area contributed by atoms with Crippen LogP contribution in [0.2, 0.25) is 0 Å². The normalized spacial score (nSPS) is 9.87. The molecular formula is C9H8N4O2. The molecule has 0 aliphatic heterocycles. The minimum atomic E-state index is -1.09. The Kier molecular flexibility index (Phi) is 2.32. The number of benzene rings is 1. The Labute approximate surface area is 84.9 Å². The van der Waals surface area contributed by atoms with Gasteiger partial charge in [-0.1, -0.05) is 12.1 Å². The van der Waals surface area contributed by atoms with Crippen LogP contribution in [0.4, 0.5) is 10.5 Å². The third kappa shape index (κ3) is 2.11. The average Bonchev–Trinajstić information content (AvgIpc) is 2.69. The SMILES string of the molecule is O=C(O)Nc1cccc(-c2cn[nH]n2)c1. The lowest BCUT2D eigenvalue weighted by atomic mass is 10.1. The van der Waals surface area contributed by atoms with E-state index in [1.54, 1.807) is 24.4 Å². The summed E-state index contributed by atoms with van der Waals surface area (Å²) in [7, 11) is 0. The van der Waals surface area contributed by atoms with E-state index in [0.717, 1.165) is 5.56 Å². The van der Waals surface area contributed by atoms with Crippen LogP contribution in [0.3, 0.4) is 0 Å². The zero-order chi connectivity index (χ0) is 10.7. The summed E-state index contributed by atoms with van der Waals surface area (Å²) in [4.78, 5) is 10.4. The van der Waals surface area contributed by atoms with Gasteiger partial charge in [0.2, 0.25) is 0 Å². The van der Waals surface area contributed by atoms with E-state index in [-0.39, 0.29) is 0 Å². The van der Waals surface area contributed by atoms with Crippen molar-refractivity contribution in [3.63, 3.8) is 0 Å². The fourth-order valence-corrected chi connectivity index (χ4v) is 1.22. The third-order valence-electron chi connectivity index (χ3n) is 1.82. The lowest BCUT2D eigenvalue weighted by molar-refractivity contribution is 0.210. The van der Waals surface area contributed by atoms with Crippen LogP contribution in [0.5, 0.6) is 0 Å². The number of carboxylic acid groups (broad SMARTS) is 1. The maximum absolute atomic E-state index is 10.4. The molecule has 1 aromatic carbocycles. The van der Waals surface area contributed by atoms with Crippen LogP contribution in [0.1, 0.15) is 0 Å². The molecule has 0 aliphatic rings. The van der Waals surface area contributed by atoms with Gasteiger partial charge in [0.25, 0.3) is 0 Å². The van der Waals surface area contributed by atoms with Gasteiger partial charge in [-0.25, -0.2) is 4.79 Å². The lowest BCUT2D eigenvalue weighted by Crippen LogP contribution is -2.06. The van der Waals surface area contributed by atoms with Gasteiger partial charge in [0.15, 0.2) is 0 Å². The average molecular weight is 204 g/mol. The van der Waals surface area contributed by atoms with Crippen LogP contribution in [0.25, 0.3) is 11.3 Å². The van der Waals surface area contributed by atoms with Crippen molar-refractivity contribution in [2.24, 2.45) is 0 Å². The van der Waals surface area contributed by atoms with Crippen LogP contribution in [0.15, 0.2) is 30.5 Å². The van der Waals surface area contributed by atoms with E-state index >= 15 is 0 Å². The van der Waals surface area contributed by atoms with Gasteiger partial charge in [0.1, 0.15) is 5.69 Å². The summed E-state index contributed by atoms with van der Waals surface area (Å²) in [5, 5.41) is 20.9. The van der Waals surface area contributed by atoms with Gasteiger partial charge in [-0.2, -0.15) is 15.4 Å². The molecule has 15 heavy (non-hydrogen) atoms. The van der Waals surface area contributed by atoms with Gasteiger partial charge >= 0.3 is 6.09 Å². The molecule has 6 heteroatoms. The van der Waals surface area contributed by atoms with Crippen molar-refractivity contribution < 1.29 is 9.90 Å². The molecule has 0 bridgehead atoms. The van der Waals surface area contributed by atoms with Crippen LogP contribution in [0, 0.1) is 0 Å². The zero-order valence-electron chi connectivity index (χ0n) is 7.64. The van der Waals surface area contributed by atoms with Crippen molar-refractivity contribution in [3.8, 4) is 11.3 Å². The Morgan fingerprint density at radius 2 is 2.33 bits per heavy atom. The zero-order valence-corrected chi connectivity index (χ0v) is 7.64. The van der Waals surface area contributed by atoms with Crippen LogP contribution in [-0.2, 0) is 0 Å². The third-order valence-corrected chi connectivity index (χ3v) is 1.82. The van der Waals surface area contributed by atoms with E-state index in [9.17, 15) is 4.79 Å². The Bertz CT molecular complexity index is 467. The van der Waals surface area contributed by atoms with E-state index in [1.807, 2.05) is 6.07 Å². The number of nitrogens with one attached hydrogen (secondary N) is 2. The first kappa shape index (κ1) is 9.20. The highest BCUT2D eigenvalue weighted by Crippen LogP contribution is 2.19. The van der Waals surface area contributed by atoms with Crippen LogP contribution < -0.4 is 5.32 Å². The van der Waals surface area contributed by atoms with Gasteiger partial charge < -0.3 is 5.11 Å². The number of aromatic amines is 1. The quantitative estimate of drug-likeness (QED) is 0.692. The van der Waals surface area contributed by atoms with E-state index < -0.39 is 6.09 Å². The van der Waals surface area contributed by atoms with E-state index in [0.29, 0.717) is 11.4 Å². The topological polar surface area (TPSA) is 90.9 Å². The number of carbonyl (C=O) groups is 1. The van der Waals surface area contributed by atoms with Gasteiger partial charge in [0.05, 0.1) is 6.20 Å². The Morgan fingerprint density at radius 1 is 1.47 bits per heavy atom. The molecule has 0 fully saturated rings. The Morgan fingerprint density at radius 3 is 3.00 bits per heavy atom. The van der Waals surface area contributed by atoms with Crippen molar-refractivity contribution in [2.75, 3.05) is 5.32 Å². The molecule has 3 N–H and O–H groups in total. The second-order valence-corrected chi connectivity index (χ2v) is 2.87. The summed E-state index contributed by atoms with van der Waals surface area (Å²) in [6, 6.07) is 6.92. The molecule has 0 unspecified atom stereocenters. The molecule has 0 atom stereocenters. The standard InChI is InChI=1S/C9H8N4O2/c14-9(15)11-7-3-1-2-6(4-7)8-5-10-13-12-8/h1-5,11H,(H,14,15)(H,10,12,13). The number of aromatic nitrogens is 3. The summed E-state index contributed by atoms with van der Waals surface area (Å²) in [5.41, 5.74) is 1.97. The number of rotatable bonds is 2. The van der Waals surface area contributed by atoms with Gasteiger partial charge in [-0.05, 0) is 12.1 Å². The number of hydrogen-bond acceptors (Lipinski definition) is 3. The second-order valence-electron chi connectivity index (χ2n) is 2.87. The van der Waals surface area contributed by atoms with Crippen molar-refractivity contribution >= 4 is 11.8 Å². The molecule has 2 rings (SSSR count). The Hall–Kier alpha value is -2.37. The molecule has 0 aliphatic carbocycles. The number of hydrogen-bond donors (Lipinski definition) is 3. The second kappa shape index (κ2) is 3.79. The molecule has 0 radical (unpaired) electrons. The van der Waals surface area contributed by atoms with E-state index in [2.05, 4.69) is 20.7 Å². The molecule has 1 aromatic heterocycles. The minimum Gasteiger partial charge on any atom is -0.465 e.